The molecule has 0 amide bonds. The van der Waals surface area contributed by atoms with Gasteiger partial charge in [0.05, 0.1) is 4.90 Å². The fraction of sp³-hybridized carbons (Fsp3) is 0.500. The van der Waals surface area contributed by atoms with Crippen LogP contribution < -0.4 is 5.73 Å². The largest absolute Gasteiger partial charge is 0.327 e. The molecule has 2 fully saturated rings. The molecule has 26 heavy (non-hydrogen) atoms. The minimum Gasteiger partial charge on any atom is -0.327 e. The maximum atomic E-state index is 13.1. The first-order valence-corrected chi connectivity index (χ1v) is 11.1. The van der Waals surface area contributed by atoms with Crippen LogP contribution in [0.3, 0.4) is 0 Å². The number of halogens is 1. The zero-order valence-electron chi connectivity index (χ0n) is 14.7. The molecule has 8 heteroatoms. The van der Waals surface area contributed by atoms with Crippen LogP contribution in [0.1, 0.15) is 25.0 Å². The van der Waals surface area contributed by atoms with Crippen LogP contribution in [0.4, 0.5) is 0 Å². The SMILES string of the molecule is Cc1csc(-c2cccc(S(=O)(=O)N3CC4CCCC(N)C4C3)c2)n1.Cl. The van der Waals surface area contributed by atoms with E-state index in [-0.39, 0.29) is 18.4 Å². The summed E-state index contributed by atoms with van der Waals surface area (Å²) < 4.78 is 27.9. The maximum absolute atomic E-state index is 13.1. The van der Waals surface area contributed by atoms with E-state index in [1.54, 1.807) is 22.5 Å². The topological polar surface area (TPSA) is 76.3 Å². The Balaban J connectivity index is 0.00000196. The van der Waals surface area contributed by atoms with Crippen molar-refractivity contribution in [3.05, 3.63) is 35.3 Å². The molecule has 2 N–H and O–H groups in total. The predicted molar refractivity (Wildman–Crippen MR) is 107 cm³/mol. The van der Waals surface area contributed by atoms with Gasteiger partial charge in [0.25, 0.3) is 0 Å². The van der Waals surface area contributed by atoms with Crippen molar-refractivity contribution in [3.63, 3.8) is 0 Å². The van der Waals surface area contributed by atoms with E-state index in [9.17, 15) is 8.42 Å². The molecule has 1 aromatic carbocycles. The van der Waals surface area contributed by atoms with Crippen LogP contribution in [0.5, 0.6) is 0 Å². The standard InChI is InChI=1S/C18H23N3O2S2.ClH/c1-12-11-24-18(20-12)13-4-2-6-15(8-13)25(22,23)21-9-14-5-3-7-17(19)16(14)10-21;/h2,4,6,8,11,14,16-17H,3,5,7,9-10,19H2,1H3;1H. The van der Waals surface area contributed by atoms with E-state index in [4.69, 9.17) is 5.73 Å². The lowest BCUT2D eigenvalue weighted by atomic mass is 9.78. The van der Waals surface area contributed by atoms with Crippen molar-refractivity contribution in [2.75, 3.05) is 13.1 Å². The average molecular weight is 414 g/mol. The molecule has 2 aliphatic rings. The summed E-state index contributed by atoms with van der Waals surface area (Å²) >= 11 is 1.53. The van der Waals surface area contributed by atoms with E-state index in [2.05, 4.69) is 4.98 Å². The molecule has 4 rings (SSSR count). The monoisotopic (exact) mass is 413 g/mol. The molecule has 1 aliphatic heterocycles. The van der Waals surface area contributed by atoms with E-state index in [0.29, 0.717) is 29.8 Å². The van der Waals surface area contributed by atoms with Gasteiger partial charge in [-0.25, -0.2) is 13.4 Å². The van der Waals surface area contributed by atoms with Gasteiger partial charge >= 0.3 is 0 Å². The predicted octanol–water partition coefficient (Wildman–Crippen LogP) is 3.29. The van der Waals surface area contributed by atoms with Crippen LogP contribution in [0.2, 0.25) is 0 Å². The third-order valence-corrected chi connectivity index (χ3v) is 8.30. The van der Waals surface area contributed by atoms with Crippen LogP contribution in [0, 0.1) is 18.8 Å². The van der Waals surface area contributed by atoms with E-state index in [1.165, 1.54) is 11.3 Å². The van der Waals surface area contributed by atoms with Gasteiger partial charge < -0.3 is 5.73 Å². The second-order valence-electron chi connectivity index (χ2n) is 7.16. The molecule has 3 unspecified atom stereocenters. The van der Waals surface area contributed by atoms with Crippen molar-refractivity contribution < 1.29 is 8.42 Å². The van der Waals surface area contributed by atoms with Gasteiger partial charge in [0, 0.05) is 35.8 Å². The van der Waals surface area contributed by atoms with Gasteiger partial charge in [-0.1, -0.05) is 18.6 Å². The molecule has 0 bridgehead atoms. The van der Waals surface area contributed by atoms with Gasteiger partial charge in [0.15, 0.2) is 0 Å². The van der Waals surface area contributed by atoms with Crippen molar-refractivity contribution in [2.45, 2.75) is 37.1 Å². The Hall–Kier alpha value is -0.990. The number of nitrogens with zero attached hydrogens (tertiary/aromatic N) is 2. The smallest absolute Gasteiger partial charge is 0.243 e. The summed E-state index contributed by atoms with van der Waals surface area (Å²) in [4.78, 5) is 4.82. The number of sulfonamides is 1. The summed E-state index contributed by atoms with van der Waals surface area (Å²) in [6.45, 7) is 3.09. The zero-order valence-corrected chi connectivity index (χ0v) is 17.1. The highest BCUT2D eigenvalue weighted by Gasteiger charge is 2.43. The Morgan fingerprint density at radius 1 is 1.27 bits per heavy atom. The van der Waals surface area contributed by atoms with Crippen molar-refractivity contribution in [1.29, 1.82) is 0 Å². The summed E-state index contributed by atoms with van der Waals surface area (Å²) in [6, 6.07) is 7.27. The summed E-state index contributed by atoms with van der Waals surface area (Å²) in [7, 11) is -3.49. The van der Waals surface area contributed by atoms with Crippen molar-refractivity contribution in [3.8, 4) is 10.6 Å². The molecule has 0 spiro atoms. The van der Waals surface area contributed by atoms with E-state index in [1.807, 2.05) is 18.4 Å². The first kappa shape index (κ1) is 19.8. The van der Waals surface area contributed by atoms with E-state index in [0.717, 1.165) is 35.5 Å². The normalized spacial score (nSPS) is 26.3. The Kier molecular flexibility index (Phi) is 5.75. The minimum atomic E-state index is -3.49. The number of aromatic nitrogens is 1. The third kappa shape index (κ3) is 3.55. The molecule has 142 valence electrons. The molecule has 5 nitrogen and oxygen atoms in total. The summed E-state index contributed by atoms with van der Waals surface area (Å²) in [5.74, 6) is 0.705. The summed E-state index contributed by atoms with van der Waals surface area (Å²) in [5.41, 5.74) is 8.04. The second kappa shape index (κ2) is 7.56. The van der Waals surface area contributed by atoms with Crippen molar-refractivity contribution in [1.82, 2.24) is 9.29 Å². The number of thiazole rings is 1. The fourth-order valence-electron chi connectivity index (χ4n) is 4.10. The molecule has 1 saturated carbocycles. The lowest BCUT2D eigenvalue weighted by Crippen LogP contribution is -2.38. The van der Waals surface area contributed by atoms with E-state index >= 15 is 0 Å². The van der Waals surface area contributed by atoms with E-state index < -0.39 is 10.0 Å². The van der Waals surface area contributed by atoms with Gasteiger partial charge in [-0.05, 0) is 43.7 Å². The Morgan fingerprint density at radius 3 is 2.77 bits per heavy atom. The molecule has 1 aliphatic carbocycles. The van der Waals surface area contributed by atoms with Gasteiger partial charge in [-0.2, -0.15) is 4.31 Å². The Morgan fingerprint density at radius 2 is 2.08 bits per heavy atom. The number of nitrogens with two attached hydrogens (primary N) is 1. The maximum Gasteiger partial charge on any atom is 0.243 e. The molecule has 0 radical (unpaired) electrons. The molecule has 2 heterocycles. The lowest BCUT2D eigenvalue weighted by Gasteiger charge is -2.29. The van der Waals surface area contributed by atoms with Crippen LogP contribution in [-0.4, -0.2) is 36.8 Å². The van der Waals surface area contributed by atoms with Crippen LogP contribution in [0.15, 0.2) is 34.5 Å². The van der Waals surface area contributed by atoms with Crippen molar-refractivity contribution in [2.24, 2.45) is 17.6 Å². The van der Waals surface area contributed by atoms with Crippen LogP contribution in [0.25, 0.3) is 10.6 Å². The third-order valence-electron chi connectivity index (χ3n) is 5.46. The highest BCUT2D eigenvalue weighted by molar-refractivity contribution is 7.89. The molecular formula is C18H24ClN3O2S2. The molecule has 3 atom stereocenters. The Bertz CT molecular complexity index is 884. The number of benzene rings is 1. The molecular weight excluding hydrogens is 390 g/mol. The zero-order chi connectivity index (χ0) is 17.6. The summed E-state index contributed by atoms with van der Waals surface area (Å²) in [6.07, 6.45) is 3.20. The van der Waals surface area contributed by atoms with Crippen LogP contribution in [-0.2, 0) is 10.0 Å². The molecule has 1 saturated heterocycles. The fourth-order valence-corrected chi connectivity index (χ4v) is 6.47. The molecule has 1 aromatic heterocycles. The van der Waals surface area contributed by atoms with Gasteiger partial charge in [0.1, 0.15) is 5.01 Å². The van der Waals surface area contributed by atoms with Gasteiger partial charge in [-0.15, -0.1) is 23.7 Å². The number of fused-ring (bicyclic) bond motifs is 1. The lowest BCUT2D eigenvalue weighted by molar-refractivity contribution is 0.260. The average Bonchev–Trinajstić information content (AvgIpc) is 3.22. The number of aryl methyl sites for hydroxylation is 1. The van der Waals surface area contributed by atoms with Crippen LogP contribution >= 0.6 is 23.7 Å². The molecule has 2 aromatic rings. The van der Waals surface area contributed by atoms with Gasteiger partial charge in [0.2, 0.25) is 10.0 Å². The summed E-state index contributed by atoms with van der Waals surface area (Å²) in [5, 5.41) is 2.83. The quantitative estimate of drug-likeness (QED) is 0.837. The number of rotatable bonds is 3. The second-order valence-corrected chi connectivity index (χ2v) is 9.96. The number of hydrogen-bond donors (Lipinski definition) is 1. The highest BCUT2D eigenvalue weighted by Crippen LogP contribution is 2.38. The highest BCUT2D eigenvalue weighted by atomic mass is 35.5. The Labute approximate surface area is 165 Å². The minimum absolute atomic E-state index is 0. The van der Waals surface area contributed by atoms with Crippen molar-refractivity contribution >= 4 is 33.8 Å². The van der Waals surface area contributed by atoms with Gasteiger partial charge in [-0.3, -0.25) is 0 Å². The first-order chi connectivity index (χ1) is 11.9. The first-order valence-electron chi connectivity index (χ1n) is 8.73. The number of hydrogen-bond acceptors (Lipinski definition) is 5.